The molecule has 18 heavy (non-hydrogen) atoms. The molecule has 0 aliphatic carbocycles. The summed E-state index contributed by atoms with van der Waals surface area (Å²) >= 11 is 0. The number of hydrogen-bond acceptors (Lipinski definition) is 2. The lowest BCUT2D eigenvalue weighted by Gasteiger charge is -2.20. The zero-order valence-corrected chi connectivity index (χ0v) is 10.7. The Kier molecular flexibility index (Phi) is 3.92. The van der Waals surface area contributed by atoms with Crippen molar-refractivity contribution in [2.24, 2.45) is 0 Å². The van der Waals surface area contributed by atoms with Crippen molar-refractivity contribution in [3.05, 3.63) is 59.7 Å². The van der Waals surface area contributed by atoms with Gasteiger partial charge < -0.3 is 5.32 Å². The summed E-state index contributed by atoms with van der Waals surface area (Å²) in [5.74, 6) is -0.168. The molecule has 0 bridgehead atoms. The van der Waals surface area contributed by atoms with E-state index < -0.39 is 0 Å². The standard InChI is InChI=1S/C15H17FN2/c1-3-14(12-6-4-5-7-13(12)16)18-15-10-17-9-8-11(15)2/h4-10,14,18H,3H2,1-2H3. The molecule has 1 aromatic heterocycles. The first-order valence-electron chi connectivity index (χ1n) is 6.14. The third-order valence-corrected chi connectivity index (χ3v) is 3.06. The third kappa shape index (κ3) is 2.67. The van der Waals surface area contributed by atoms with Gasteiger partial charge in [-0.05, 0) is 31.0 Å². The number of halogens is 1. The number of aromatic nitrogens is 1. The number of pyridine rings is 1. The topological polar surface area (TPSA) is 24.9 Å². The highest BCUT2D eigenvalue weighted by atomic mass is 19.1. The lowest BCUT2D eigenvalue weighted by molar-refractivity contribution is 0.587. The van der Waals surface area contributed by atoms with E-state index in [4.69, 9.17) is 0 Å². The predicted octanol–water partition coefficient (Wildman–Crippen LogP) is 4.09. The molecule has 0 fully saturated rings. The second kappa shape index (κ2) is 5.63. The molecular formula is C15H17FN2. The Balaban J connectivity index is 2.26. The molecule has 0 saturated carbocycles. The molecule has 0 radical (unpaired) electrons. The summed E-state index contributed by atoms with van der Waals surface area (Å²) in [7, 11) is 0. The molecule has 0 spiro atoms. The SMILES string of the molecule is CCC(Nc1cnccc1C)c1ccccc1F. The molecule has 94 valence electrons. The van der Waals surface area contributed by atoms with Gasteiger partial charge in [-0.3, -0.25) is 4.98 Å². The number of hydrogen-bond donors (Lipinski definition) is 1. The zero-order valence-electron chi connectivity index (χ0n) is 10.7. The highest BCUT2D eigenvalue weighted by molar-refractivity contribution is 5.50. The number of rotatable bonds is 4. The largest absolute Gasteiger partial charge is 0.377 e. The molecular weight excluding hydrogens is 227 g/mol. The Hall–Kier alpha value is -1.90. The Morgan fingerprint density at radius 1 is 1.28 bits per heavy atom. The Labute approximate surface area is 107 Å². The van der Waals surface area contributed by atoms with Crippen LogP contribution in [0.25, 0.3) is 0 Å². The van der Waals surface area contributed by atoms with Gasteiger partial charge in [0.25, 0.3) is 0 Å². The van der Waals surface area contributed by atoms with Gasteiger partial charge in [0.1, 0.15) is 5.82 Å². The minimum Gasteiger partial charge on any atom is -0.377 e. The monoisotopic (exact) mass is 244 g/mol. The fraction of sp³-hybridized carbons (Fsp3) is 0.267. The van der Waals surface area contributed by atoms with E-state index >= 15 is 0 Å². The molecule has 0 aliphatic rings. The molecule has 0 saturated heterocycles. The average molecular weight is 244 g/mol. The number of nitrogens with one attached hydrogen (secondary N) is 1. The predicted molar refractivity (Wildman–Crippen MR) is 72.0 cm³/mol. The van der Waals surface area contributed by atoms with Crippen LogP contribution in [0.2, 0.25) is 0 Å². The lowest BCUT2D eigenvalue weighted by atomic mass is 10.0. The van der Waals surface area contributed by atoms with Crippen LogP contribution in [0.4, 0.5) is 10.1 Å². The van der Waals surface area contributed by atoms with Crippen LogP contribution in [0.15, 0.2) is 42.7 Å². The fourth-order valence-corrected chi connectivity index (χ4v) is 1.96. The van der Waals surface area contributed by atoms with Gasteiger partial charge in [-0.15, -0.1) is 0 Å². The maximum absolute atomic E-state index is 13.8. The maximum Gasteiger partial charge on any atom is 0.128 e. The minimum atomic E-state index is -0.168. The molecule has 1 aromatic carbocycles. The lowest BCUT2D eigenvalue weighted by Crippen LogP contribution is -2.12. The van der Waals surface area contributed by atoms with Gasteiger partial charge in [0.05, 0.1) is 17.9 Å². The summed E-state index contributed by atoms with van der Waals surface area (Å²) in [4.78, 5) is 4.09. The molecule has 1 heterocycles. The van der Waals surface area contributed by atoms with Crippen molar-refractivity contribution in [3.63, 3.8) is 0 Å². The number of nitrogens with zero attached hydrogens (tertiary/aromatic N) is 1. The third-order valence-electron chi connectivity index (χ3n) is 3.06. The summed E-state index contributed by atoms with van der Waals surface area (Å²) < 4.78 is 13.8. The molecule has 1 atom stereocenters. The van der Waals surface area contributed by atoms with Gasteiger partial charge >= 0.3 is 0 Å². The molecule has 1 unspecified atom stereocenters. The summed E-state index contributed by atoms with van der Waals surface area (Å²) in [5.41, 5.74) is 2.76. The quantitative estimate of drug-likeness (QED) is 0.876. The van der Waals surface area contributed by atoms with E-state index in [0.717, 1.165) is 17.7 Å². The number of anilines is 1. The molecule has 2 nitrogen and oxygen atoms in total. The van der Waals surface area contributed by atoms with E-state index in [1.54, 1.807) is 18.5 Å². The molecule has 3 heteroatoms. The first-order chi connectivity index (χ1) is 8.72. The smallest absolute Gasteiger partial charge is 0.128 e. The summed E-state index contributed by atoms with van der Waals surface area (Å²) in [6.45, 7) is 4.05. The van der Waals surface area contributed by atoms with E-state index in [9.17, 15) is 4.39 Å². The van der Waals surface area contributed by atoms with Crippen LogP contribution in [-0.2, 0) is 0 Å². The van der Waals surface area contributed by atoms with Crippen molar-refractivity contribution in [3.8, 4) is 0 Å². The Bertz CT molecular complexity index is 525. The van der Waals surface area contributed by atoms with Crippen molar-refractivity contribution < 1.29 is 4.39 Å². The van der Waals surface area contributed by atoms with Crippen LogP contribution in [0.3, 0.4) is 0 Å². The maximum atomic E-state index is 13.8. The molecule has 0 amide bonds. The molecule has 1 N–H and O–H groups in total. The molecule has 2 aromatic rings. The summed E-state index contributed by atoms with van der Waals surface area (Å²) in [6, 6.07) is 8.79. The van der Waals surface area contributed by atoms with Crippen LogP contribution in [0, 0.1) is 12.7 Å². The van der Waals surface area contributed by atoms with Gasteiger partial charge in [0.15, 0.2) is 0 Å². The Morgan fingerprint density at radius 2 is 2.06 bits per heavy atom. The van der Waals surface area contributed by atoms with Crippen molar-refractivity contribution in [1.82, 2.24) is 4.98 Å². The minimum absolute atomic E-state index is 0.0332. The first kappa shape index (κ1) is 12.6. The highest BCUT2D eigenvalue weighted by Gasteiger charge is 2.13. The second-order valence-corrected chi connectivity index (χ2v) is 4.32. The van der Waals surface area contributed by atoms with Gasteiger partial charge in [-0.1, -0.05) is 25.1 Å². The van der Waals surface area contributed by atoms with E-state index in [1.807, 2.05) is 32.0 Å². The van der Waals surface area contributed by atoms with E-state index in [2.05, 4.69) is 10.3 Å². The van der Waals surface area contributed by atoms with Crippen LogP contribution < -0.4 is 5.32 Å². The average Bonchev–Trinajstić information content (AvgIpc) is 2.39. The number of aryl methyl sites for hydroxylation is 1. The molecule has 0 aliphatic heterocycles. The van der Waals surface area contributed by atoms with Crippen LogP contribution >= 0.6 is 0 Å². The second-order valence-electron chi connectivity index (χ2n) is 4.32. The van der Waals surface area contributed by atoms with Gasteiger partial charge in [-0.25, -0.2) is 4.39 Å². The van der Waals surface area contributed by atoms with Crippen molar-refractivity contribution in [1.29, 1.82) is 0 Å². The van der Waals surface area contributed by atoms with Crippen molar-refractivity contribution in [2.45, 2.75) is 26.3 Å². The summed E-state index contributed by atoms with van der Waals surface area (Å²) in [6.07, 6.45) is 4.35. The fourth-order valence-electron chi connectivity index (χ4n) is 1.96. The van der Waals surface area contributed by atoms with E-state index in [0.29, 0.717) is 5.56 Å². The summed E-state index contributed by atoms with van der Waals surface area (Å²) in [5, 5.41) is 3.35. The van der Waals surface area contributed by atoms with Crippen LogP contribution in [0.1, 0.15) is 30.5 Å². The highest BCUT2D eigenvalue weighted by Crippen LogP contribution is 2.25. The van der Waals surface area contributed by atoms with E-state index in [-0.39, 0.29) is 11.9 Å². The van der Waals surface area contributed by atoms with Crippen LogP contribution in [-0.4, -0.2) is 4.98 Å². The van der Waals surface area contributed by atoms with Crippen molar-refractivity contribution >= 4 is 5.69 Å². The van der Waals surface area contributed by atoms with Crippen LogP contribution in [0.5, 0.6) is 0 Å². The molecule has 2 rings (SSSR count). The van der Waals surface area contributed by atoms with Gasteiger partial charge in [0.2, 0.25) is 0 Å². The van der Waals surface area contributed by atoms with E-state index in [1.165, 1.54) is 6.07 Å². The first-order valence-corrected chi connectivity index (χ1v) is 6.14. The Morgan fingerprint density at radius 3 is 2.72 bits per heavy atom. The van der Waals surface area contributed by atoms with Gasteiger partial charge in [-0.2, -0.15) is 0 Å². The normalized spacial score (nSPS) is 12.2. The van der Waals surface area contributed by atoms with Gasteiger partial charge in [0, 0.05) is 11.8 Å². The zero-order chi connectivity index (χ0) is 13.0. The number of benzene rings is 1. The van der Waals surface area contributed by atoms with Crippen molar-refractivity contribution in [2.75, 3.05) is 5.32 Å².